The van der Waals surface area contributed by atoms with E-state index >= 15 is 0 Å². The molecule has 0 fully saturated rings. The van der Waals surface area contributed by atoms with E-state index in [1.54, 1.807) is 6.07 Å². The van der Waals surface area contributed by atoms with Crippen LogP contribution in [0.5, 0.6) is 0 Å². The Morgan fingerprint density at radius 1 is 1.43 bits per heavy atom. The van der Waals surface area contributed by atoms with Crippen molar-refractivity contribution in [3.05, 3.63) is 22.7 Å². The lowest BCUT2D eigenvalue weighted by atomic mass is 10.2. The molecule has 1 rings (SSSR count). The fraction of sp³-hybridized carbons (Fsp3) is 0. The molecule has 0 spiro atoms. The Labute approximate surface area is 96.1 Å². The van der Waals surface area contributed by atoms with Gasteiger partial charge in [-0.3, -0.25) is 0 Å². The number of thiol groups is 1. The molecule has 0 bridgehead atoms. The predicted molar refractivity (Wildman–Crippen MR) is 56.5 cm³/mol. The highest BCUT2D eigenvalue weighted by atomic mass is 35.7. The van der Waals surface area contributed by atoms with Gasteiger partial charge in [-0.25, -0.2) is 8.42 Å². The molecule has 1 aromatic carbocycles. The molecule has 3 nitrogen and oxygen atoms in total. The fourth-order valence-corrected chi connectivity index (χ4v) is 2.90. The maximum absolute atomic E-state index is 11.1. The highest BCUT2D eigenvalue weighted by Crippen LogP contribution is 2.32. The molecule has 14 heavy (non-hydrogen) atoms. The summed E-state index contributed by atoms with van der Waals surface area (Å²) in [5.74, 6) is 0. The van der Waals surface area contributed by atoms with Crippen LogP contribution >= 0.6 is 34.9 Å². The first kappa shape index (κ1) is 11.7. The van der Waals surface area contributed by atoms with Crippen molar-refractivity contribution >= 4 is 44.0 Å². The summed E-state index contributed by atoms with van der Waals surface area (Å²) < 4.78 is 22.2. The number of nitriles is 1. The summed E-state index contributed by atoms with van der Waals surface area (Å²) in [4.78, 5) is -0.138. The Hall–Kier alpha value is -0.410. The van der Waals surface area contributed by atoms with Crippen molar-refractivity contribution in [3.63, 3.8) is 0 Å². The smallest absolute Gasteiger partial charge is 0.207 e. The molecule has 0 unspecified atom stereocenters. The van der Waals surface area contributed by atoms with Gasteiger partial charge >= 0.3 is 0 Å². The van der Waals surface area contributed by atoms with Gasteiger partial charge in [0.1, 0.15) is 11.0 Å². The third kappa shape index (κ3) is 2.15. The van der Waals surface area contributed by atoms with E-state index in [0.717, 1.165) is 0 Å². The molecule has 0 saturated heterocycles. The molecular weight excluding hydrogens is 265 g/mol. The molecule has 1 aromatic rings. The maximum atomic E-state index is 11.1. The minimum Gasteiger partial charge on any atom is -0.207 e. The number of rotatable bonds is 1. The monoisotopic (exact) mass is 267 g/mol. The van der Waals surface area contributed by atoms with Crippen LogP contribution in [0.4, 0.5) is 0 Å². The van der Waals surface area contributed by atoms with Crippen molar-refractivity contribution in [3.8, 4) is 6.07 Å². The average Bonchev–Trinajstić information content (AvgIpc) is 2.07. The summed E-state index contributed by atoms with van der Waals surface area (Å²) in [5, 5.41) is 8.50. The molecule has 0 heterocycles. The van der Waals surface area contributed by atoms with E-state index in [9.17, 15) is 8.42 Å². The quantitative estimate of drug-likeness (QED) is 0.628. The molecule has 0 aliphatic rings. The Morgan fingerprint density at radius 2 is 2.00 bits per heavy atom. The summed E-state index contributed by atoms with van der Waals surface area (Å²) >= 11 is 9.59. The highest BCUT2D eigenvalue weighted by Gasteiger charge is 2.21. The summed E-state index contributed by atoms with van der Waals surface area (Å²) in [5.41, 5.74) is -0.0946. The van der Waals surface area contributed by atoms with Crippen molar-refractivity contribution in [1.29, 1.82) is 5.26 Å². The zero-order chi connectivity index (χ0) is 10.9. The lowest BCUT2D eigenvalue weighted by Crippen LogP contribution is -1.97. The second-order valence-electron chi connectivity index (χ2n) is 2.33. The Balaban J connectivity index is 3.72. The Kier molecular flexibility index (Phi) is 3.32. The van der Waals surface area contributed by atoms with Crippen LogP contribution in [0, 0.1) is 11.3 Å². The minimum atomic E-state index is -4.03. The van der Waals surface area contributed by atoms with Crippen molar-refractivity contribution in [2.24, 2.45) is 0 Å². The van der Waals surface area contributed by atoms with Gasteiger partial charge in [0.15, 0.2) is 0 Å². The first-order valence-corrected chi connectivity index (χ1v) is 6.37. The molecule has 0 atom stereocenters. The van der Waals surface area contributed by atoms with Gasteiger partial charge in [-0.1, -0.05) is 11.6 Å². The van der Waals surface area contributed by atoms with E-state index in [0.29, 0.717) is 0 Å². The van der Waals surface area contributed by atoms with Gasteiger partial charge in [-0.15, -0.1) is 12.6 Å². The zero-order valence-corrected chi connectivity index (χ0v) is 9.75. The lowest BCUT2D eigenvalue weighted by Gasteiger charge is -2.04. The van der Waals surface area contributed by atoms with Gasteiger partial charge in [0.2, 0.25) is 0 Å². The van der Waals surface area contributed by atoms with E-state index in [1.165, 1.54) is 12.1 Å². The number of hydrogen-bond donors (Lipinski definition) is 1. The van der Waals surface area contributed by atoms with Crippen LogP contribution in [0.15, 0.2) is 21.9 Å². The van der Waals surface area contributed by atoms with Crippen LogP contribution in [-0.4, -0.2) is 8.42 Å². The summed E-state index contributed by atoms with van der Waals surface area (Å²) in [6.45, 7) is 0. The molecule has 0 radical (unpaired) electrons. The number of halogens is 2. The van der Waals surface area contributed by atoms with E-state index in [-0.39, 0.29) is 15.5 Å². The number of hydrogen-bond acceptors (Lipinski definition) is 4. The van der Waals surface area contributed by atoms with Crippen LogP contribution < -0.4 is 0 Å². The summed E-state index contributed by atoms with van der Waals surface area (Å²) in [7, 11) is 1.09. The summed E-state index contributed by atoms with van der Waals surface area (Å²) in [6, 6.07) is 4.41. The third-order valence-electron chi connectivity index (χ3n) is 1.44. The SMILES string of the molecule is N#Cc1ccc(S)c(Cl)c1S(=O)(=O)Cl. The Morgan fingerprint density at radius 3 is 2.43 bits per heavy atom. The van der Waals surface area contributed by atoms with Crippen molar-refractivity contribution < 1.29 is 8.42 Å². The van der Waals surface area contributed by atoms with Gasteiger partial charge in [-0.05, 0) is 12.1 Å². The van der Waals surface area contributed by atoms with Gasteiger partial charge in [0.25, 0.3) is 9.05 Å². The van der Waals surface area contributed by atoms with E-state index in [4.69, 9.17) is 27.5 Å². The summed E-state index contributed by atoms with van der Waals surface area (Å²) in [6.07, 6.45) is 0. The standard InChI is InChI=1S/C7H3Cl2NO2S2/c8-6-5(13)2-1-4(3-10)7(6)14(9,11)12/h1-2,13H. The maximum Gasteiger partial charge on any atom is 0.264 e. The van der Waals surface area contributed by atoms with Crippen molar-refractivity contribution in [2.75, 3.05) is 0 Å². The lowest BCUT2D eigenvalue weighted by molar-refractivity contribution is 0.609. The second-order valence-corrected chi connectivity index (χ2v) is 5.69. The third-order valence-corrected chi connectivity index (χ3v) is 3.82. The fourth-order valence-electron chi connectivity index (χ4n) is 0.872. The Bertz CT molecular complexity index is 519. The molecule has 74 valence electrons. The molecule has 0 saturated carbocycles. The molecule has 0 amide bonds. The zero-order valence-electron chi connectivity index (χ0n) is 6.53. The van der Waals surface area contributed by atoms with Crippen LogP contribution in [0.1, 0.15) is 5.56 Å². The highest BCUT2D eigenvalue weighted by molar-refractivity contribution is 8.13. The van der Waals surface area contributed by atoms with Crippen molar-refractivity contribution in [1.82, 2.24) is 0 Å². The van der Waals surface area contributed by atoms with E-state index in [1.807, 2.05) is 0 Å². The molecule has 0 aliphatic carbocycles. The number of nitrogens with zero attached hydrogens (tertiary/aromatic N) is 1. The molecule has 7 heteroatoms. The first-order valence-electron chi connectivity index (χ1n) is 3.24. The predicted octanol–water partition coefficient (Wildman–Crippen LogP) is 2.43. The largest absolute Gasteiger partial charge is 0.264 e. The molecule has 0 aliphatic heterocycles. The van der Waals surface area contributed by atoms with Gasteiger partial charge in [0.05, 0.1) is 10.6 Å². The number of benzene rings is 1. The van der Waals surface area contributed by atoms with Crippen LogP contribution in [0.25, 0.3) is 0 Å². The topological polar surface area (TPSA) is 57.9 Å². The van der Waals surface area contributed by atoms with E-state index in [2.05, 4.69) is 12.6 Å². The molecule has 0 aromatic heterocycles. The van der Waals surface area contributed by atoms with Crippen LogP contribution in [-0.2, 0) is 9.05 Å². The van der Waals surface area contributed by atoms with Crippen LogP contribution in [0.2, 0.25) is 5.02 Å². The first-order chi connectivity index (χ1) is 6.38. The average molecular weight is 268 g/mol. The van der Waals surface area contributed by atoms with E-state index < -0.39 is 13.9 Å². The van der Waals surface area contributed by atoms with Gasteiger partial charge < -0.3 is 0 Å². The minimum absolute atomic E-state index is 0.0946. The normalized spacial score (nSPS) is 11.0. The van der Waals surface area contributed by atoms with Gasteiger partial charge in [0, 0.05) is 15.6 Å². The molecular formula is C7H3Cl2NO2S2. The van der Waals surface area contributed by atoms with Gasteiger partial charge in [-0.2, -0.15) is 5.26 Å². The van der Waals surface area contributed by atoms with Crippen LogP contribution in [0.3, 0.4) is 0 Å². The molecule has 0 N–H and O–H groups in total. The van der Waals surface area contributed by atoms with Crippen molar-refractivity contribution in [2.45, 2.75) is 9.79 Å². The second kappa shape index (κ2) is 3.99.